The van der Waals surface area contributed by atoms with Gasteiger partial charge in [0.25, 0.3) is 0 Å². The van der Waals surface area contributed by atoms with Gasteiger partial charge in [-0.3, -0.25) is 0 Å². The van der Waals surface area contributed by atoms with Gasteiger partial charge in [0, 0.05) is 0 Å². The number of aromatic nitrogens is 2. The van der Waals surface area contributed by atoms with Crippen molar-refractivity contribution in [3.8, 4) is 0 Å². The van der Waals surface area contributed by atoms with Crippen LogP contribution < -0.4 is 11.1 Å². The van der Waals surface area contributed by atoms with Crippen LogP contribution in [-0.4, -0.2) is 21.8 Å². The zero-order valence-corrected chi connectivity index (χ0v) is 10.5. The number of nitrogens with two attached hydrogens (primary N) is 1. The van der Waals surface area contributed by atoms with Crippen LogP contribution in [0.25, 0.3) is 0 Å². The first kappa shape index (κ1) is 13.4. The number of rotatable bonds is 3. The summed E-state index contributed by atoms with van der Waals surface area (Å²) in [5.74, 6) is 0.703. The van der Waals surface area contributed by atoms with E-state index in [1.54, 1.807) is 27.7 Å². The summed E-state index contributed by atoms with van der Waals surface area (Å²) < 4.78 is 9.94. The molecule has 96 valence electrons. The Kier molecular flexibility index (Phi) is 4.06. The highest BCUT2D eigenvalue weighted by atomic mass is 16.6. The smallest absolute Gasteiger partial charge is 0.408 e. The van der Waals surface area contributed by atoms with E-state index >= 15 is 0 Å². The summed E-state index contributed by atoms with van der Waals surface area (Å²) >= 11 is 0. The van der Waals surface area contributed by atoms with Crippen LogP contribution >= 0.6 is 0 Å². The van der Waals surface area contributed by atoms with Gasteiger partial charge in [0.15, 0.2) is 5.82 Å². The van der Waals surface area contributed by atoms with Crippen LogP contribution in [0.15, 0.2) is 4.52 Å². The van der Waals surface area contributed by atoms with Crippen molar-refractivity contribution in [1.82, 2.24) is 15.5 Å². The maximum Gasteiger partial charge on any atom is 0.408 e. The van der Waals surface area contributed by atoms with Crippen molar-refractivity contribution in [1.29, 1.82) is 0 Å². The first-order valence-electron chi connectivity index (χ1n) is 5.34. The molecule has 0 unspecified atom stereocenters. The lowest BCUT2D eigenvalue weighted by Gasteiger charge is -2.20. The fraction of sp³-hybridized carbons (Fsp3) is 0.700. The van der Waals surface area contributed by atoms with Crippen molar-refractivity contribution >= 4 is 6.09 Å². The molecule has 0 aromatic carbocycles. The number of nitrogens with one attached hydrogen (secondary N) is 1. The highest BCUT2D eigenvalue weighted by molar-refractivity contribution is 5.68. The Balaban J connectivity index is 2.54. The summed E-state index contributed by atoms with van der Waals surface area (Å²) in [7, 11) is 0. The third-order valence-corrected chi connectivity index (χ3v) is 1.78. The van der Waals surface area contributed by atoms with E-state index in [2.05, 4.69) is 15.5 Å². The van der Waals surface area contributed by atoms with Crippen molar-refractivity contribution < 1.29 is 14.1 Å². The van der Waals surface area contributed by atoms with E-state index in [1.165, 1.54) is 0 Å². The van der Waals surface area contributed by atoms with E-state index in [4.69, 9.17) is 15.0 Å². The Morgan fingerprint density at radius 2 is 2.24 bits per heavy atom. The van der Waals surface area contributed by atoms with Gasteiger partial charge in [-0.25, -0.2) is 4.79 Å². The predicted molar refractivity (Wildman–Crippen MR) is 60.0 cm³/mol. The Labute approximate surface area is 99.7 Å². The number of amides is 1. The average Bonchev–Trinajstić information content (AvgIpc) is 2.62. The molecule has 1 heterocycles. The lowest BCUT2D eigenvalue weighted by molar-refractivity contribution is 0.0505. The molecule has 7 nitrogen and oxygen atoms in total. The third-order valence-electron chi connectivity index (χ3n) is 1.78. The fourth-order valence-corrected chi connectivity index (χ4v) is 1.08. The van der Waals surface area contributed by atoms with E-state index in [1.807, 2.05) is 0 Å². The molecule has 3 N–H and O–H groups in total. The summed E-state index contributed by atoms with van der Waals surface area (Å²) in [5, 5.41) is 6.30. The molecule has 17 heavy (non-hydrogen) atoms. The first-order valence-corrected chi connectivity index (χ1v) is 5.34. The molecule has 0 radical (unpaired) electrons. The Morgan fingerprint density at radius 1 is 1.59 bits per heavy atom. The molecule has 0 aliphatic carbocycles. The molecule has 0 bridgehead atoms. The van der Waals surface area contributed by atoms with Crippen molar-refractivity contribution in [2.75, 3.05) is 0 Å². The minimum atomic E-state index is -0.538. The van der Waals surface area contributed by atoms with Crippen LogP contribution in [-0.2, 0) is 11.3 Å². The van der Waals surface area contributed by atoms with Gasteiger partial charge in [-0.1, -0.05) is 5.16 Å². The zero-order chi connectivity index (χ0) is 13.1. The molecule has 1 atom stereocenters. The SMILES string of the molecule is C[C@H](NC(=O)OC(C)(C)C)c1noc(CN)n1. The summed E-state index contributed by atoms with van der Waals surface area (Å²) in [5.41, 5.74) is 4.80. The van der Waals surface area contributed by atoms with Gasteiger partial charge >= 0.3 is 6.09 Å². The van der Waals surface area contributed by atoms with E-state index in [0.717, 1.165) is 0 Å². The first-order chi connectivity index (χ1) is 7.81. The van der Waals surface area contributed by atoms with Crippen molar-refractivity contribution in [3.63, 3.8) is 0 Å². The number of hydrogen-bond acceptors (Lipinski definition) is 6. The number of hydrogen-bond donors (Lipinski definition) is 2. The molecule has 1 aromatic heterocycles. The quantitative estimate of drug-likeness (QED) is 0.823. The number of carbonyl (C=O) groups is 1. The highest BCUT2D eigenvalue weighted by Crippen LogP contribution is 2.11. The second kappa shape index (κ2) is 5.13. The number of ether oxygens (including phenoxy) is 1. The van der Waals surface area contributed by atoms with Crippen molar-refractivity contribution in [2.24, 2.45) is 5.73 Å². The zero-order valence-electron chi connectivity index (χ0n) is 10.5. The number of carbonyl (C=O) groups excluding carboxylic acids is 1. The average molecular weight is 242 g/mol. The molecule has 1 amide bonds. The van der Waals surface area contributed by atoms with Gasteiger partial charge in [-0.2, -0.15) is 4.98 Å². The molecule has 0 saturated heterocycles. The summed E-state index contributed by atoms with van der Waals surface area (Å²) in [4.78, 5) is 15.5. The molecule has 0 saturated carbocycles. The number of nitrogens with zero attached hydrogens (tertiary/aromatic N) is 2. The van der Waals surface area contributed by atoms with Crippen LogP contribution in [0.2, 0.25) is 0 Å². The minimum absolute atomic E-state index is 0.173. The van der Waals surface area contributed by atoms with E-state index < -0.39 is 17.7 Å². The van der Waals surface area contributed by atoms with Crippen LogP contribution in [0.3, 0.4) is 0 Å². The van der Waals surface area contributed by atoms with E-state index in [9.17, 15) is 4.79 Å². The molecule has 0 aliphatic heterocycles. The van der Waals surface area contributed by atoms with Crippen molar-refractivity contribution in [3.05, 3.63) is 11.7 Å². The second-order valence-corrected chi connectivity index (χ2v) is 4.62. The molecule has 0 aliphatic rings. The topological polar surface area (TPSA) is 103 Å². The maximum atomic E-state index is 11.5. The van der Waals surface area contributed by atoms with Crippen LogP contribution in [0.4, 0.5) is 4.79 Å². The van der Waals surface area contributed by atoms with Crippen molar-refractivity contribution in [2.45, 2.75) is 45.9 Å². The van der Waals surface area contributed by atoms with Gasteiger partial charge in [0.05, 0.1) is 12.6 Å². The normalized spacial score (nSPS) is 13.2. The van der Waals surface area contributed by atoms with Gasteiger partial charge < -0.3 is 20.3 Å². The van der Waals surface area contributed by atoms with Crippen LogP contribution in [0.5, 0.6) is 0 Å². The Hall–Kier alpha value is -1.63. The van der Waals surface area contributed by atoms with E-state index in [-0.39, 0.29) is 6.54 Å². The summed E-state index contributed by atoms with van der Waals surface area (Å²) in [6, 6.07) is -0.395. The molecule has 7 heteroatoms. The second-order valence-electron chi connectivity index (χ2n) is 4.62. The molecule has 0 fully saturated rings. The largest absolute Gasteiger partial charge is 0.444 e. The fourth-order valence-electron chi connectivity index (χ4n) is 1.08. The lowest BCUT2D eigenvalue weighted by atomic mass is 10.2. The monoisotopic (exact) mass is 242 g/mol. The van der Waals surface area contributed by atoms with Gasteiger partial charge in [0.2, 0.25) is 5.89 Å². The highest BCUT2D eigenvalue weighted by Gasteiger charge is 2.20. The third kappa shape index (κ3) is 4.39. The number of alkyl carbamates (subject to hydrolysis) is 1. The Morgan fingerprint density at radius 3 is 2.71 bits per heavy atom. The predicted octanol–water partition coefficient (Wildman–Crippen LogP) is 1.11. The molecule has 1 aromatic rings. The van der Waals surface area contributed by atoms with Gasteiger partial charge in [0.1, 0.15) is 5.60 Å². The Bertz CT molecular complexity index is 383. The lowest BCUT2D eigenvalue weighted by Crippen LogP contribution is -2.34. The standard InChI is InChI=1S/C10H18N4O3/c1-6(8-13-7(5-11)17-14-8)12-9(15)16-10(2,3)4/h6H,5,11H2,1-4H3,(H,12,15)/t6-/m0/s1. The molecule has 0 spiro atoms. The minimum Gasteiger partial charge on any atom is -0.444 e. The van der Waals surface area contributed by atoms with Crippen LogP contribution in [0.1, 0.15) is 45.5 Å². The van der Waals surface area contributed by atoms with E-state index in [0.29, 0.717) is 11.7 Å². The molecular weight excluding hydrogens is 224 g/mol. The maximum absolute atomic E-state index is 11.5. The van der Waals surface area contributed by atoms with Gasteiger partial charge in [-0.05, 0) is 27.7 Å². The summed E-state index contributed by atoms with van der Waals surface area (Å²) in [6.07, 6.45) is -0.524. The molecule has 1 rings (SSSR count). The van der Waals surface area contributed by atoms with Crippen LogP contribution in [0, 0.1) is 0 Å². The molecular formula is C10H18N4O3. The van der Waals surface area contributed by atoms with Gasteiger partial charge in [-0.15, -0.1) is 0 Å². The summed E-state index contributed by atoms with van der Waals surface area (Å²) in [6.45, 7) is 7.27.